The number of fused-ring (bicyclic) bond motifs is 1. The first-order valence-corrected chi connectivity index (χ1v) is 4.30. The lowest BCUT2D eigenvalue weighted by molar-refractivity contribution is 1.15. The van der Waals surface area contributed by atoms with Crippen LogP contribution in [0.2, 0.25) is 0 Å². The quantitative estimate of drug-likeness (QED) is 0.606. The summed E-state index contributed by atoms with van der Waals surface area (Å²) in [6, 6.07) is 1.98. The van der Waals surface area contributed by atoms with Gasteiger partial charge in [0, 0.05) is 23.3 Å². The van der Waals surface area contributed by atoms with Gasteiger partial charge in [0.2, 0.25) is 0 Å². The molecule has 1 aliphatic rings. The predicted octanol–water partition coefficient (Wildman–Crippen LogP) is 1.12. The SMILES string of the molecule is O=c1[nH]ccc2c1CSC2. The lowest BCUT2D eigenvalue weighted by Gasteiger charge is -1.91. The Kier molecular flexibility index (Phi) is 1.31. The Bertz CT molecular complexity index is 305. The van der Waals surface area contributed by atoms with Crippen molar-refractivity contribution in [1.82, 2.24) is 4.98 Å². The molecule has 0 saturated heterocycles. The summed E-state index contributed by atoms with van der Waals surface area (Å²) in [6.07, 6.45) is 1.72. The highest BCUT2D eigenvalue weighted by atomic mass is 32.2. The first-order valence-electron chi connectivity index (χ1n) is 3.15. The first-order chi connectivity index (χ1) is 4.88. The van der Waals surface area contributed by atoms with Crippen LogP contribution in [0.25, 0.3) is 0 Å². The largest absolute Gasteiger partial charge is 0.329 e. The third-order valence-electron chi connectivity index (χ3n) is 1.66. The molecule has 0 bridgehead atoms. The summed E-state index contributed by atoms with van der Waals surface area (Å²) >= 11 is 1.80. The molecule has 1 aromatic heterocycles. The fourth-order valence-electron chi connectivity index (χ4n) is 1.11. The Morgan fingerprint density at radius 1 is 1.50 bits per heavy atom. The minimum Gasteiger partial charge on any atom is -0.329 e. The van der Waals surface area contributed by atoms with E-state index in [1.54, 1.807) is 18.0 Å². The number of rotatable bonds is 0. The van der Waals surface area contributed by atoms with Gasteiger partial charge < -0.3 is 4.98 Å². The second kappa shape index (κ2) is 2.16. The summed E-state index contributed by atoms with van der Waals surface area (Å²) in [5.41, 5.74) is 2.25. The van der Waals surface area contributed by atoms with Gasteiger partial charge in [0.15, 0.2) is 0 Å². The molecule has 2 rings (SSSR count). The lowest BCUT2D eigenvalue weighted by Crippen LogP contribution is -2.10. The van der Waals surface area contributed by atoms with Crippen molar-refractivity contribution in [3.05, 3.63) is 33.7 Å². The fraction of sp³-hybridized carbons (Fsp3) is 0.286. The molecule has 2 nitrogen and oxygen atoms in total. The van der Waals surface area contributed by atoms with Gasteiger partial charge >= 0.3 is 0 Å². The summed E-state index contributed by atoms with van der Waals surface area (Å²) in [5.74, 6) is 1.88. The van der Waals surface area contributed by atoms with E-state index in [0.717, 1.165) is 17.1 Å². The van der Waals surface area contributed by atoms with Gasteiger partial charge in [-0.2, -0.15) is 11.8 Å². The maximum absolute atomic E-state index is 11.0. The molecule has 0 unspecified atom stereocenters. The van der Waals surface area contributed by atoms with Gasteiger partial charge in [0.1, 0.15) is 0 Å². The first kappa shape index (κ1) is 6.04. The Morgan fingerprint density at radius 3 is 3.20 bits per heavy atom. The third-order valence-corrected chi connectivity index (χ3v) is 2.67. The van der Waals surface area contributed by atoms with Gasteiger partial charge in [-0.1, -0.05) is 0 Å². The highest BCUT2D eigenvalue weighted by Gasteiger charge is 2.12. The number of aromatic nitrogens is 1. The van der Waals surface area contributed by atoms with Crippen molar-refractivity contribution in [3.8, 4) is 0 Å². The van der Waals surface area contributed by atoms with Gasteiger partial charge in [0.05, 0.1) is 0 Å². The number of nitrogens with one attached hydrogen (secondary N) is 1. The highest BCUT2D eigenvalue weighted by molar-refractivity contribution is 7.98. The zero-order valence-corrected chi connectivity index (χ0v) is 6.20. The summed E-state index contributed by atoms with van der Waals surface area (Å²) < 4.78 is 0. The summed E-state index contributed by atoms with van der Waals surface area (Å²) in [6.45, 7) is 0. The van der Waals surface area contributed by atoms with E-state index >= 15 is 0 Å². The molecule has 0 atom stereocenters. The van der Waals surface area contributed by atoms with Crippen LogP contribution in [-0.4, -0.2) is 4.98 Å². The molecule has 1 aliphatic heterocycles. The van der Waals surface area contributed by atoms with Gasteiger partial charge in [0.25, 0.3) is 5.56 Å². The maximum atomic E-state index is 11.0. The zero-order chi connectivity index (χ0) is 6.97. The van der Waals surface area contributed by atoms with Crippen molar-refractivity contribution in [1.29, 1.82) is 0 Å². The van der Waals surface area contributed by atoms with E-state index in [9.17, 15) is 4.79 Å². The van der Waals surface area contributed by atoms with Crippen LogP contribution in [0.3, 0.4) is 0 Å². The molecule has 0 spiro atoms. The second-order valence-corrected chi connectivity index (χ2v) is 3.29. The monoisotopic (exact) mass is 153 g/mol. The molecule has 52 valence electrons. The molecule has 1 aromatic rings. The minimum atomic E-state index is 0.0856. The topological polar surface area (TPSA) is 32.9 Å². The van der Waals surface area contributed by atoms with Crippen LogP contribution >= 0.6 is 11.8 Å². The average Bonchev–Trinajstić information content (AvgIpc) is 2.36. The molecule has 0 amide bonds. The number of thioether (sulfide) groups is 1. The van der Waals surface area contributed by atoms with E-state index in [1.807, 2.05) is 6.07 Å². The smallest absolute Gasteiger partial charge is 0.252 e. The molecular weight excluding hydrogens is 146 g/mol. The molecule has 0 aromatic carbocycles. The van der Waals surface area contributed by atoms with Gasteiger partial charge in [-0.05, 0) is 11.6 Å². The summed E-state index contributed by atoms with van der Waals surface area (Å²) in [5, 5.41) is 0. The number of hydrogen-bond donors (Lipinski definition) is 1. The van der Waals surface area contributed by atoms with E-state index in [2.05, 4.69) is 4.98 Å². The normalized spacial score (nSPS) is 15.2. The van der Waals surface area contributed by atoms with Crippen molar-refractivity contribution in [2.45, 2.75) is 11.5 Å². The Hall–Kier alpha value is -0.700. The minimum absolute atomic E-state index is 0.0856. The number of hydrogen-bond acceptors (Lipinski definition) is 2. The lowest BCUT2D eigenvalue weighted by atomic mass is 10.2. The van der Waals surface area contributed by atoms with Crippen LogP contribution < -0.4 is 5.56 Å². The van der Waals surface area contributed by atoms with Crippen molar-refractivity contribution in [2.75, 3.05) is 0 Å². The molecule has 2 heterocycles. The number of aromatic amines is 1. The standard InChI is InChI=1S/C7H7NOS/c9-7-6-4-10-3-5(6)1-2-8-7/h1-2H,3-4H2,(H,8,9). The Balaban J connectivity index is 2.70. The van der Waals surface area contributed by atoms with Crippen LogP contribution in [0.4, 0.5) is 0 Å². The highest BCUT2D eigenvalue weighted by Crippen LogP contribution is 2.25. The van der Waals surface area contributed by atoms with Crippen molar-refractivity contribution < 1.29 is 0 Å². The fourth-order valence-corrected chi connectivity index (χ4v) is 2.22. The molecule has 10 heavy (non-hydrogen) atoms. The molecular formula is C7H7NOS. The zero-order valence-electron chi connectivity index (χ0n) is 5.39. The van der Waals surface area contributed by atoms with Crippen LogP contribution in [0.5, 0.6) is 0 Å². The van der Waals surface area contributed by atoms with E-state index < -0.39 is 0 Å². The number of pyridine rings is 1. The van der Waals surface area contributed by atoms with Gasteiger partial charge in [-0.3, -0.25) is 4.79 Å². The predicted molar refractivity (Wildman–Crippen MR) is 42.1 cm³/mol. The van der Waals surface area contributed by atoms with E-state index in [1.165, 1.54) is 5.56 Å². The number of H-pyrrole nitrogens is 1. The van der Waals surface area contributed by atoms with Crippen molar-refractivity contribution in [3.63, 3.8) is 0 Å². The Labute approximate surface area is 62.7 Å². The van der Waals surface area contributed by atoms with Crippen LogP contribution in [-0.2, 0) is 11.5 Å². The van der Waals surface area contributed by atoms with E-state index in [0.29, 0.717) is 0 Å². The van der Waals surface area contributed by atoms with Crippen molar-refractivity contribution in [2.24, 2.45) is 0 Å². The average molecular weight is 153 g/mol. The molecule has 0 fully saturated rings. The van der Waals surface area contributed by atoms with Crippen molar-refractivity contribution >= 4 is 11.8 Å². The van der Waals surface area contributed by atoms with Gasteiger partial charge in [-0.15, -0.1) is 0 Å². The van der Waals surface area contributed by atoms with Crippen LogP contribution in [0.15, 0.2) is 17.1 Å². The second-order valence-electron chi connectivity index (χ2n) is 2.30. The summed E-state index contributed by atoms with van der Waals surface area (Å²) in [7, 11) is 0. The molecule has 0 saturated carbocycles. The Morgan fingerprint density at radius 2 is 2.40 bits per heavy atom. The van der Waals surface area contributed by atoms with E-state index in [-0.39, 0.29) is 5.56 Å². The summed E-state index contributed by atoms with van der Waals surface area (Å²) in [4.78, 5) is 13.7. The third kappa shape index (κ3) is 0.778. The van der Waals surface area contributed by atoms with Crippen LogP contribution in [0, 0.1) is 0 Å². The maximum Gasteiger partial charge on any atom is 0.252 e. The molecule has 0 aliphatic carbocycles. The van der Waals surface area contributed by atoms with Gasteiger partial charge in [-0.25, -0.2) is 0 Å². The van der Waals surface area contributed by atoms with Crippen LogP contribution in [0.1, 0.15) is 11.1 Å². The molecule has 3 heteroatoms. The molecule has 0 radical (unpaired) electrons. The molecule has 1 N–H and O–H groups in total. The van der Waals surface area contributed by atoms with E-state index in [4.69, 9.17) is 0 Å².